The maximum atomic E-state index is 12.9. The predicted molar refractivity (Wildman–Crippen MR) is 123 cm³/mol. The summed E-state index contributed by atoms with van der Waals surface area (Å²) in [7, 11) is 0. The number of imidazole rings is 1. The minimum atomic E-state index is -4.49. The maximum absolute atomic E-state index is 12.9. The summed E-state index contributed by atoms with van der Waals surface area (Å²) in [5.41, 5.74) is 2.43. The summed E-state index contributed by atoms with van der Waals surface area (Å²) >= 11 is 0. The number of likely N-dealkylation sites (tertiary alicyclic amines) is 1. The van der Waals surface area contributed by atoms with Gasteiger partial charge in [0.2, 0.25) is 0 Å². The molecule has 1 aliphatic heterocycles. The molecule has 1 N–H and O–H groups in total. The van der Waals surface area contributed by atoms with Crippen molar-refractivity contribution in [3.63, 3.8) is 0 Å². The third-order valence-electron chi connectivity index (χ3n) is 6.17. The third kappa shape index (κ3) is 4.75. The van der Waals surface area contributed by atoms with Crippen LogP contribution < -0.4 is 5.32 Å². The lowest BCUT2D eigenvalue weighted by Crippen LogP contribution is -2.48. The van der Waals surface area contributed by atoms with Crippen LogP contribution >= 0.6 is 0 Å². The van der Waals surface area contributed by atoms with Gasteiger partial charge >= 0.3 is 6.18 Å². The van der Waals surface area contributed by atoms with E-state index in [0.717, 1.165) is 28.9 Å². The van der Waals surface area contributed by atoms with E-state index in [1.807, 2.05) is 41.1 Å². The zero-order chi connectivity index (χ0) is 24.6. The monoisotopic (exact) mass is 478 g/mol. The van der Waals surface area contributed by atoms with Gasteiger partial charge in [-0.25, -0.2) is 4.98 Å². The molecular formula is C26H21F3N4O2. The highest BCUT2D eigenvalue weighted by molar-refractivity contribution is 5.95. The minimum Gasteiger partial charge on any atom is -0.348 e. The van der Waals surface area contributed by atoms with Gasteiger partial charge < -0.3 is 14.6 Å². The largest absolute Gasteiger partial charge is 0.416 e. The van der Waals surface area contributed by atoms with Gasteiger partial charge in [0.05, 0.1) is 5.56 Å². The van der Waals surface area contributed by atoms with Crippen molar-refractivity contribution in [3.8, 4) is 0 Å². The minimum absolute atomic E-state index is 0.0252. The molecule has 9 heteroatoms. The molecule has 0 bridgehead atoms. The second-order valence-corrected chi connectivity index (χ2v) is 8.52. The number of alkyl halides is 3. The first-order chi connectivity index (χ1) is 16.8. The van der Waals surface area contributed by atoms with Crippen molar-refractivity contribution in [2.45, 2.75) is 18.6 Å². The summed E-state index contributed by atoms with van der Waals surface area (Å²) in [4.78, 5) is 30.9. The van der Waals surface area contributed by atoms with Crippen LogP contribution in [0.1, 0.15) is 43.3 Å². The van der Waals surface area contributed by atoms with Crippen LogP contribution in [0.25, 0.3) is 5.65 Å². The summed E-state index contributed by atoms with van der Waals surface area (Å²) in [6.45, 7) is 1.20. The summed E-state index contributed by atoms with van der Waals surface area (Å²) in [6, 6.07) is 15.5. The number of carbonyl (C=O) groups excluding carboxylic acids is 2. The van der Waals surface area contributed by atoms with Crippen LogP contribution in [0.5, 0.6) is 0 Å². The Kier molecular flexibility index (Phi) is 5.76. The number of amides is 2. The fourth-order valence-electron chi connectivity index (χ4n) is 4.12. The van der Waals surface area contributed by atoms with E-state index >= 15 is 0 Å². The molecule has 1 fully saturated rings. The van der Waals surface area contributed by atoms with E-state index in [2.05, 4.69) is 10.3 Å². The standard InChI is InChI=1S/C26H21F3N4O2/c27-26(28,29)22-3-1-2-20(13-22)25(35)33-15-21(16-33)18-4-6-19(7-5-18)24(34)31-14-17-8-10-32-11-9-30-23(32)12-17/h1-13,21H,14-16H2,(H,31,34). The van der Waals surface area contributed by atoms with Gasteiger partial charge in [0.25, 0.3) is 11.8 Å². The van der Waals surface area contributed by atoms with Crippen molar-refractivity contribution < 1.29 is 22.8 Å². The highest BCUT2D eigenvalue weighted by atomic mass is 19.4. The van der Waals surface area contributed by atoms with Crippen molar-refractivity contribution in [1.29, 1.82) is 0 Å². The lowest BCUT2D eigenvalue weighted by atomic mass is 9.90. The van der Waals surface area contributed by atoms with Crippen LogP contribution in [-0.2, 0) is 12.7 Å². The number of nitrogens with zero attached hydrogens (tertiary/aromatic N) is 3. The molecule has 0 radical (unpaired) electrons. The highest BCUT2D eigenvalue weighted by Crippen LogP contribution is 2.32. The molecule has 0 atom stereocenters. The number of fused-ring (bicyclic) bond motifs is 1. The predicted octanol–water partition coefficient (Wildman–Crippen LogP) is 4.52. The molecule has 2 amide bonds. The van der Waals surface area contributed by atoms with Gasteiger partial charge in [-0.05, 0) is 53.6 Å². The SMILES string of the molecule is O=C(NCc1ccn2ccnc2c1)c1ccc(C2CN(C(=O)c3cccc(C(F)(F)F)c3)C2)cc1. The molecule has 6 nitrogen and oxygen atoms in total. The Bertz CT molecular complexity index is 1390. The molecule has 2 aromatic carbocycles. The van der Waals surface area contributed by atoms with E-state index in [9.17, 15) is 22.8 Å². The average Bonchev–Trinajstić information content (AvgIpc) is 3.29. The van der Waals surface area contributed by atoms with Gasteiger partial charge in [-0.2, -0.15) is 13.2 Å². The fourth-order valence-corrected chi connectivity index (χ4v) is 4.12. The van der Waals surface area contributed by atoms with Crippen molar-refractivity contribution in [2.75, 3.05) is 13.1 Å². The second-order valence-electron chi connectivity index (χ2n) is 8.52. The summed E-state index contributed by atoms with van der Waals surface area (Å²) in [5.74, 6) is -0.547. The zero-order valence-corrected chi connectivity index (χ0v) is 18.5. The molecule has 3 heterocycles. The third-order valence-corrected chi connectivity index (χ3v) is 6.17. The summed E-state index contributed by atoms with van der Waals surface area (Å²) < 4.78 is 40.7. The molecule has 35 heavy (non-hydrogen) atoms. The quantitative estimate of drug-likeness (QED) is 0.459. The van der Waals surface area contributed by atoms with Crippen LogP contribution in [0.4, 0.5) is 13.2 Å². The first-order valence-electron chi connectivity index (χ1n) is 11.0. The normalized spacial score (nSPS) is 14.1. The van der Waals surface area contributed by atoms with E-state index in [0.29, 0.717) is 25.2 Å². The molecule has 1 saturated heterocycles. The maximum Gasteiger partial charge on any atom is 0.416 e. The van der Waals surface area contributed by atoms with Crippen molar-refractivity contribution >= 4 is 17.5 Å². The molecule has 0 unspecified atom stereocenters. The van der Waals surface area contributed by atoms with Crippen molar-refractivity contribution in [3.05, 3.63) is 107 Å². The fraction of sp³-hybridized carbons (Fsp3) is 0.192. The average molecular weight is 478 g/mol. The van der Waals surface area contributed by atoms with E-state index in [-0.39, 0.29) is 17.4 Å². The van der Waals surface area contributed by atoms with Crippen LogP contribution in [0.15, 0.2) is 79.3 Å². The van der Waals surface area contributed by atoms with Gasteiger partial charge in [-0.1, -0.05) is 18.2 Å². The van der Waals surface area contributed by atoms with Gasteiger partial charge in [0.1, 0.15) is 5.65 Å². The number of rotatable bonds is 5. The van der Waals surface area contributed by atoms with Crippen molar-refractivity contribution in [2.24, 2.45) is 0 Å². The molecule has 0 saturated carbocycles. The Hall–Kier alpha value is -4.14. The van der Waals surface area contributed by atoms with E-state index < -0.39 is 17.6 Å². The molecule has 178 valence electrons. The van der Waals surface area contributed by atoms with Crippen LogP contribution in [0, 0.1) is 0 Å². The van der Waals surface area contributed by atoms with Crippen LogP contribution in [-0.4, -0.2) is 39.2 Å². The number of hydrogen-bond acceptors (Lipinski definition) is 3. The Morgan fingerprint density at radius 3 is 2.49 bits per heavy atom. The lowest BCUT2D eigenvalue weighted by molar-refractivity contribution is -0.137. The number of hydrogen-bond donors (Lipinski definition) is 1. The smallest absolute Gasteiger partial charge is 0.348 e. The number of benzene rings is 2. The van der Waals surface area contributed by atoms with Gasteiger partial charge in [0.15, 0.2) is 0 Å². The van der Waals surface area contributed by atoms with E-state index in [4.69, 9.17) is 0 Å². The Morgan fingerprint density at radius 2 is 1.74 bits per heavy atom. The second kappa shape index (κ2) is 8.90. The van der Waals surface area contributed by atoms with Crippen LogP contribution in [0.2, 0.25) is 0 Å². The Balaban J connectivity index is 1.15. The van der Waals surface area contributed by atoms with Crippen LogP contribution in [0.3, 0.4) is 0 Å². The molecule has 0 aliphatic carbocycles. The van der Waals surface area contributed by atoms with Gasteiger partial charge in [0, 0.05) is 55.3 Å². The summed E-state index contributed by atoms with van der Waals surface area (Å²) in [5, 5.41) is 2.90. The molecule has 5 rings (SSSR count). The Labute approximate surface area is 199 Å². The van der Waals surface area contributed by atoms with Gasteiger partial charge in [-0.3, -0.25) is 9.59 Å². The molecule has 1 aliphatic rings. The van der Waals surface area contributed by atoms with Gasteiger partial charge in [-0.15, -0.1) is 0 Å². The molecular weight excluding hydrogens is 457 g/mol. The number of nitrogens with one attached hydrogen (secondary N) is 1. The zero-order valence-electron chi connectivity index (χ0n) is 18.5. The van der Waals surface area contributed by atoms with E-state index in [1.54, 1.807) is 18.3 Å². The number of carbonyl (C=O) groups is 2. The number of halogens is 3. The molecule has 2 aromatic heterocycles. The molecule has 0 spiro atoms. The number of pyridine rings is 1. The summed E-state index contributed by atoms with van der Waals surface area (Å²) in [6.07, 6.45) is 0.956. The lowest BCUT2D eigenvalue weighted by Gasteiger charge is -2.39. The van der Waals surface area contributed by atoms with Crippen molar-refractivity contribution in [1.82, 2.24) is 19.6 Å². The first-order valence-corrected chi connectivity index (χ1v) is 11.0. The highest BCUT2D eigenvalue weighted by Gasteiger charge is 2.34. The molecule has 4 aromatic rings. The first kappa shape index (κ1) is 22.6. The Morgan fingerprint density at radius 1 is 0.971 bits per heavy atom. The topological polar surface area (TPSA) is 66.7 Å². The van der Waals surface area contributed by atoms with E-state index in [1.165, 1.54) is 17.0 Å². The number of aromatic nitrogens is 2.